The van der Waals surface area contributed by atoms with E-state index >= 15 is 0 Å². The van der Waals surface area contributed by atoms with Crippen LogP contribution in [0.3, 0.4) is 0 Å². The molecule has 0 aliphatic rings. The standard InChI is InChI=1S/C17H21NO2S/c1-4-20-17(19)16(14-9-6-5-7-10-14)18(3)13(2)15-11-8-12-21-15/h5-13,16H,4H2,1-3H3. The third kappa shape index (κ3) is 3.71. The van der Waals surface area contributed by atoms with Gasteiger partial charge < -0.3 is 4.74 Å². The maximum atomic E-state index is 12.4. The Hall–Kier alpha value is -1.65. The van der Waals surface area contributed by atoms with Crippen molar-refractivity contribution in [3.63, 3.8) is 0 Å². The number of rotatable bonds is 6. The molecule has 1 heterocycles. The number of hydrogen-bond acceptors (Lipinski definition) is 4. The number of nitrogens with zero attached hydrogens (tertiary/aromatic N) is 1. The van der Waals surface area contributed by atoms with E-state index in [1.54, 1.807) is 11.3 Å². The molecule has 0 radical (unpaired) electrons. The summed E-state index contributed by atoms with van der Waals surface area (Å²) < 4.78 is 5.27. The average Bonchev–Trinajstić information content (AvgIpc) is 3.02. The van der Waals surface area contributed by atoms with Gasteiger partial charge in [0.1, 0.15) is 6.04 Å². The van der Waals surface area contributed by atoms with Gasteiger partial charge in [0.15, 0.2) is 0 Å². The van der Waals surface area contributed by atoms with Gasteiger partial charge >= 0.3 is 5.97 Å². The lowest BCUT2D eigenvalue weighted by Gasteiger charge is -2.31. The van der Waals surface area contributed by atoms with Gasteiger partial charge in [-0.15, -0.1) is 11.3 Å². The summed E-state index contributed by atoms with van der Waals surface area (Å²) in [7, 11) is 1.97. The van der Waals surface area contributed by atoms with Crippen LogP contribution in [0.25, 0.3) is 0 Å². The third-order valence-electron chi connectivity index (χ3n) is 3.60. The third-order valence-corrected chi connectivity index (χ3v) is 4.64. The molecular weight excluding hydrogens is 282 g/mol. The van der Waals surface area contributed by atoms with Crippen LogP contribution in [0.15, 0.2) is 47.8 Å². The van der Waals surface area contributed by atoms with Crippen LogP contribution in [0.2, 0.25) is 0 Å². The zero-order chi connectivity index (χ0) is 15.2. The lowest BCUT2D eigenvalue weighted by atomic mass is 10.0. The van der Waals surface area contributed by atoms with Gasteiger partial charge in [0.2, 0.25) is 0 Å². The minimum atomic E-state index is -0.386. The highest BCUT2D eigenvalue weighted by Gasteiger charge is 2.30. The van der Waals surface area contributed by atoms with Crippen LogP contribution in [0.5, 0.6) is 0 Å². The van der Waals surface area contributed by atoms with Gasteiger partial charge in [0, 0.05) is 10.9 Å². The number of hydrogen-bond donors (Lipinski definition) is 0. The maximum absolute atomic E-state index is 12.4. The minimum absolute atomic E-state index is 0.152. The number of thiophene rings is 1. The molecular formula is C17H21NO2S. The molecule has 0 aliphatic carbocycles. The van der Waals surface area contributed by atoms with Gasteiger partial charge in [-0.2, -0.15) is 0 Å². The Kier molecular flexibility index (Phi) is 5.53. The van der Waals surface area contributed by atoms with Gasteiger partial charge in [0.25, 0.3) is 0 Å². The Morgan fingerprint density at radius 2 is 1.95 bits per heavy atom. The lowest BCUT2D eigenvalue weighted by molar-refractivity contribution is -0.150. The molecule has 3 nitrogen and oxygen atoms in total. The van der Waals surface area contributed by atoms with Gasteiger partial charge in [0.05, 0.1) is 6.61 Å². The van der Waals surface area contributed by atoms with E-state index in [1.165, 1.54) is 4.88 Å². The Labute approximate surface area is 130 Å². The van der Waals surface area contributed by atoms with Gasteiger partial charge in [-0.05, 0) is 37.9 Å². The number of carbonyl (C=O) groups excluding carboxylic acids is 1. The molecule has 2 unspecified atom stereocenters. The normalized spacial score (nSPS) is 13.9. The maximum Gasteiger partial charge on any atom is 0.328 e. The second kappa shape index (κ2) is 7.38. The van der Waals surface area contributed by atoms with Crippen molar-refractivity contribution in [2.75, 3.05) is 13.7 Å². The zero-order valence-corrected chi connectivity index (χ0v) is 13.5. The second-order valence-electron chi connectivity index (χ2n) is 4.92. The molecule has 2 atom stereocenters. The number of likely N-dealkylation sites (N-methyl/N-ethyl adjacent to an activating group) is 1. The van der Waals surface area contributed by atoms with Crippen molar-refractivity contribution in [2.45, 2.75) is 25.9 Å². The Bertz CT molecular complexity index is 553. The van der Waals surface area contributed by atoms with E-state index in [1.807, 2.05) is 50.4 Å². The molecule has 0 saturated heterocycles. The predicted molar refractivity (Wildman–Crippen MR) is 86.3 cm³/mol. The summed E-state index contributed by atoms with van der Waals surface area (Å²) in [4.78, 5) is 15.7. The van der Waals surface area contributed by atoms with Crippen LogP contribution >= 0.6 is 11.3 Å². The Morgan fingerprint density at radius 1 is 1.24 bits per heavy atom. The number of ether oxygens (including phenoxy) is 1. The first kappa shape index (κ1) is 15.7. The van der Waals surface area contributed by atoms with Crippen LogP contribution in [0.1, 0.15) is 36.4 Å². The van der Waals surface area contributed by atoms with Gasteiger partial charge in [-0.3, -0.25) is 4.90 Å². The number of carbonyl (C=O) groups is 1. The zero-order valence-electron chi connectivity index (χ0n) is 12.7. The molecule has 0 aliphatic heterocycles. The van der Waals surface area contributed by atoms with E-state index in [0.717, 1.165) is 5.56 Å². The van der Waals surface area contributed by atoms with E-state index in [-0.39, 0.29) is 18.1 Å². The van der Waals surface area contributed by atoms with Crippen molar-refractivity contribution >= 4 is 17.3 Å². The first-order valence-corrected chi connectivity index (χ1v) is 8.00. The number of esters is 1. The highest BCUT2D eigenvalue weighted by Crippen LogP contribution is 2.31. The largest absolute Gasteiger partial charge is 0.465 e. The van der Waals surface area contributed by atoms with Crippen LogP contribution in [0.4, 0.5) is 0 Å². The summed E-state index contributed by atoms with van der Waals surface area (Å²) in [6.45, 7) is 4.34. The fraction of sp³-hybridized carbons (Fsp3) is 0.353. The van der Waals surface area contributed by atoms with Crippen molar-refractivity contribution in [1.29, 1.82) is 0 Å². The summed E-state index contributed by atoms with van der Waals surface area (Å²) in [5.74, 6) is -0.199. The molecule has 0 bridgehead atoms. The molecule has 0 N–H and O–H groups in total. The first-order chi connectivity index (χ1) is 10.1. The molecule has 0 amide bonds. The molecule has 2 rings (SSSR count). The van der Waals surface area contributed by atoms with Gasteiger partial charge in [-0.1, -0.05) is 36.4 Å². The van der Waals surface area contributed by atoms with E-state index in [0.29, 0.717) is 6.61 Å². The van der Waals surface area contributed by atoms with Crippen molar-refractivity contribution in [2.24, 2.45) is 0 Å². The summed E-state index contributed by atoms with van der Waals surface area (Å²) in [5, 5.41) is 2.06. The quantitative estimate of drug-likeness (QED) is 0.754. The topological polar surface area (TPSA) is 29.5 Å². The van der Waals surface area contributed by atoms with Crippen LogP contribution < -0.4 is 0 Å². The predicted octanol–water partition coefficient (Wildman–Crippen LogP) is 4.05. The van der Waals surface area contributed by atoms with Crippen molar-refractivity contribution in [3.8, 4) is 0 Å². The molecule has 0 fully saturated rings. The summed E-state index contributed by atoms with van der Waals surface area (Å²) in [6.07, 6.45) is 0. The van der Waals surface area contributed by atoms with E-state index < -0.39 is 0 Å². The monoisotopic (exact) mass is 303 g/mol. The van der Waals surface area contributed by atoms with Crippen LogP contribution in [-0.2, 0) is 9.53 Å². The molecule has 0 saturated carbocycles. The van der Waals surface area contributed by atoms with E-state index in [2.05, 4.69) is 23.3 Å². The van der Waals surface area contributed by atoms with E-state index in [4.69, 9.17) is 4.74 Å². The first-order valence-electron chi connectivity index (χ1n) is 7.12. The highest BCUT2D eigenvalue weighted by atomic mass is 32.1. The summed E-state index contributed by atoms with van der Waals surface area (Å²) in [6, 6.07) is 13.7. The van der Waals surface area contributed by atoms with Crippen LogP contribution in [-0.4, -0.2) is 24.5 Å². The average molecular weight is 303 g/mol. The highest BCUT2D eigenvalue weighted by molar-refractivity contribution is 7.10. The van der Waals surface area contributed by atoms with Crippen molar-refractivity contribution in [1.82, 2.24) is 4.90 Å². The molecule has 1 aromatic heterocycles. The molecule has 2 aromatic rings. The fourth-order valence-electron chi connectivity index (χ4n) is 2.35. The van der Waals surface area contributed by atoms with Crippen molar-refractivity contribution in [3.05, 3.63) is 58.3 Å². The molecule has 4 heteroatoms. The second-order valence-corrected chi connectivity index (χ2v) is 5.90. The molecule has 1 aromatic carbocycles. The summed E-state index contributed by atoms with van der Waals surface area (Å²) in [5.41, 5.74) is 0.960. The van der Waals surface area contributed by atoms with E-state index in [9.17, 15) is 4.79 Å². The van der Waals surface area contributed by atoms with Crippen LogP contribution in [0, 0.1) is 0 Å². The fourth-order valence-corrected chi connectivity index (χ4v) is 3.18. The number of benzene rings is 1. The molecule has 0 spiro atoms. The van der Waals surface area contributed by atoms with Crippen molar-refractivity contribution < 1.29 is 9.53 Å². The minimum Gasteiger partial charge on any atom is -0.465 e. The van der Waals surface area contributed by atoms with Gasteiger partial charge in [-0.25, -0.2) is 4.79 Å². The summed E-state index contributed by atoms with van der Waals surface area (Å²) >= 11 is 1.70. The SMILES string of the molecule is CCOC(=O)C(c1ccccc1)N(C)C(C)c1cccs1. The Morgan fingerprint density at radius 3 is 2.52 bits per heavy atom. The lowest BCUT2D eigenvalue weighted by Crippen LogP contribution is -2.34. The molecule has 21 heavy (non-hydrogen) atoms. The Balaban J connectivity index is 2.28. The smallest absolute Gasteiger partial charge is 0.328 e. The molecule has 112 valence electrons.